The number of hydrogen-bond acceptors (Lipinski definition) is 9. The lowest BCUT2D eigenvalue weighted by atomic mass is 9.95. The normalized spacial score (nSPS) is 14.1. The van der Waals surface area contributed by atoms with Gasteiger partial charge < -0.3 is 15.5 Å². The molecule has 4 rings (SSSR count). The average molecular weight is 573 g/mol. The van der Waals surface area contributed by atoms with Gasteiger partial charge in [0.2, 0.25) is 27.0 Å². The SMILES string of the molecule is CS(=O)(=O)Nc1ccc(-c2ccnc(Nc3ccc(N4CCC(C(=O)NCC(=O)SCF)CC4)cc3)n2)cc1. The van der Waals surface area contributed by atoms with Crippen molar-refractivity contribution in [2.45, 2.75) is 12.8 Å². The maximum absolute atomic E-state index is 12.3. The fourth-order valence-electron chi connectivity index (χ4n) is 4.20. The molecule has 0 saturated carbocycles. The van der Waals surface area contributed by atoms with Crippen LogP contribution in [0.1, 0.15) is 12.8 Å². The van der Waals surface area contributed by atoms with E-state index in [1.54, 1.807) is 36.5 Å². The zero-order valence-corrected chi connectivity index (χ0v) is 22.9. The molecule has 1 amide bonds. The summed E-state index contributed by atoms with van der Waals surface area (Å²) < 4.78 is 37.4. The van der Waals surface area contributed by atoms with Crippen LogP contribution >= 0.6 is 11.8 Å². The Hall–Kier alpha value is -3.71. The third-order valence-corrected chi connectivity index (χ3v) is 7.30. The van der Waals surface area contributed by atoms with E-state index in [9.17, 15) is 22.4 Å². The number of anilines is 4. The predicted molar refractivity (Wildman–Crippen MR) is 152 cm³/mol. The molecule has 1 aromatic heterocycles. The van der Waals surface area contributed by atoms with Crippen LogP contribution in [0.25, 0.3) is 11.3 Å². The molecule has 206 valence electrons. The summed E-state index contributed by atoms with van der Waals surface area (Å²) in [5.41, 5.74) is 3.83. The second kappa shape index (κ2) is 12.9. The molecule has 0 bridgehead atoms. The monoisotopic (exact) mass is 572 g/mol. The summed E-state index contributed by atoms with van der Waals surface area (Å²) >= 11 is 0.560. The van der Waals surface area contributed by atoms with Gasteiger partial charge in [-0.15, -0.1) is 0 Å². The number of benzene rings is 2. The van der Waals surface area contributed by atoms with Gasteiger partial charge in [-0.2, -0.15) is 0 Å². The summed E-state index contributed by atoms with van der Waals surface area (Å²) in [7, 11) is -3.34. The van der Waals surface area contributed by atoms with Crippen molar-refractivity contribution in [1.82, 2.24) is 15.3 Å². The maximum Gasteiger partial charge on any atom is 0.229 e. The van der Waals surface area contributed by atoms with Crippen LogP contribution in [0.2, 0.25) is 0 Å². The molecule has 1 fully saturated rings. The van der Waals surface area contributed by atoms with E-state index in [0.29, 0.717) is 55.0 Å². The number of aromatic nitrogens is 2. The number of carbonyl (C=O) groups excluding carboxylic acids is 2. The first kappa shape index (κ1) is 28.3. The van der Waals surface area contributed by atoms with Gasteiger partial charge in [-0.25, -0.2) is 22.8 Å². The van der Waals surface area contributed by atoms with Crippen LogP contribution in [0.4, 0.5) is 27.4 Å². The van der Waals surface area contributed by atoms with E-state index in [1.165, 1.54) is 0 Å². The number of carbonyl (C=O) groups is 2. The summed E-state index contributed by atoms with van der Waals surface area (Å²) in [5.74, 6) is 0.0986. The lowest BCUT2D eigenvalue weighted by Crippen LogP contribution is -2.41. The van der Waals surface area contributed by atoms with Gasteiger partial charge >= 0.3 is 0 Å². The van der Waals surface area contributed by atoms with Gasteiger partial charge in [-0.1, -0.05) is 23.9 Å². The van der Waals surface area contributed by atoms with E-state index in [1.807, 2.05) is 24.3 Å². The van der Waals surface area contributed by atoms with Gasteiger partial charge in [0.15, 0.2) is 0 Å². The fraction of sp³-hybridized carbons (Fsp3) is 0.308. The Balaban J connectivity index is 1.30. The summed E-state index contributed by atoms with van der Waals surface area (Å²) in [6, 6.07) is 15.8. The minimum Gasteiger partial charge on any atom is -0.371 e. The number of nitrogens with zero attached hydrogens (tertiary/aromatic N) is 3. The smallest absolute Gasteiger partial charge is 0.229 e. The minimum absolute atomic E-state index is 0.149. The quantitative estimate of drug-likeness (QED) is 0.332. The second-order valence-corrected chi connectivity index (χ2v) is 11.7. The van der Waals surface area contributed by atoms with Gasteiger partial charge in [-0.3, -0.25) is 14.3 Å². The maximum atomic E-state index is 12.3. The third kappa shape index (κ3) is 8.39. The van der Waals surface area contributed by atoms with Gasteiger partial charge in [0.05, 0.1) is 18.5 Å². The molecular weight excluding hydrogens is 543 g/mol. The van der Waals surface area contributed by atoms with Crippen LogP contribution in [0.15, 0.2) is 60.8 Å². The van der Waals surface area contributed by atoms with E-state index >= 15 is 0 Å². The number of alkyl halides is 1. The highest BCUT2D eigenvalue weighted by molar-refractivity contribution is 8.13. The Labute approximate surface area is 230 Å². The highest BCUT2D eigenvalue weighted by atomic mass is 32.2. The van der Waals surface area contributed by atoms with Crippen molar-refractivity contribution < 1.29 is 22.4 Å². The molecule has 13 heteroatoms. The number of rotatable bonds is 10. The van der Waals surface area contributed by atoms with Crippen molar-refractivity contribution in [1.29, 1.82) is 0 Å². The van der Waals surface area contributed by atoms with Crippen molar-refractivity contribution in [2.24, 2.45) is 5.92 Å². The molecule has 0 aliphatic carbocycles. The molecule has 1 aliphatic rings. The molecule has 3 aromatic rings. The topological polar surface area (TPSA) is 133 Å². The third-order valence-electron chi connectivity index (χ3n) is 6.12. The van der Waals surface area contributed by atoms with Crippen LogP contribution in [0.5, 0.6) is 0 Å². The number of sulfonamides is 1. The van der Waals surface area contributed by atoms with Gasteiger partial charge in [0.1, 0.15) is 6.01 Å². The van der Waals surface area contributed by atoms with E-state index in [4.69, 9.17) is 0 Å². The highest BCUT2D eigenvalue weighted by Crippen LogP contribution is 2.26. The first-order chi connectivity index (χ1) is 18.7. The average Bonchev–Trinajstić information content (AvgIpc) is 2.92. The summed E-state index contributed by atoms with van der Waals surface area (Å²) in [5, 5.41) is 5.43. The first-order valence-corrected chi connectivity index (χ1v) is 15.1. The number of thioether (sulfide) groups is 1. The molecule has 1 aliphatic heterocycles. The second-order valence-electron chi connectivity index (χ2n) is 8.99. The largest absolute Gasteiger partial charge is 0.371 e. The molecule has 3 N–H and O–H groups in total. The Kier molecular flexibility index (Phi) is 9.36. The Bertz CT molecular complexity index is 1400. The lowest BCUT2D eigenvalue weighted by molar-refractivity contribution is -0.127. The van der Waals surface area contributed by atoms with Crippen molar-refractivity contribution in [3.8, 4) is 11.3 Å². The van der Waals surface area contributed by atoms with Crippen LogP contribution in [-0.4, -0.2) is 61.3 Å². The van der Waals surface area contributed by atoms with Crippen LogP contribution in [-0.2, 0) is 19.6 Å². The molecule has 0 atom stereocenters. The van der Waals surface area contributed by atoms with Crippen molar-refractivity contribution >= 4 is 55.8 Å². The molecular formula is C26H29FN6O4S2. The minimum atomic E-state index is -3.34. The van der Waals surface area contributed by atoms with Crippen LogP contribution < -0.4 is 20.3 Å². The zero-order chi connectivity index (χ0) is 27.8. The number of halogens is 1. The van der Waals surface area contributed by atoms with Crippen molar-refractivity contribution in [3.63, 3.8) is 0 Å². The first-order valence-electron chi connectivity index (χ1n) is 12.2. The molecule has 0 radical (unpaired) electrons. The summed E-state index contributed by atoms with van der Waals surface area (Å²) in [6.45, 7) is 1.27. The zero-order valence-electron chi connectivity index (χ0n) is 21.3. The Morgan fingerprint density at radius 3 is 2.33 bits per heavy atom. The Morgan fingerprint density at radius 2 is 1.69 bits per heavy atom. The predicted octanol–water partition coefficient (Wildman–Crippen LogP) is 3.78. The summed E-state index contributed by atoms with van der Waals surface area (Å²) in [6.07, 6.45) is 4.09. The van der Waals surface area contributed by atoms with Gasteiger partial charge in [-0.05, 0) is 55.3 Å². The van der Waals surface area contributed by atoms with Crippen molar-refractivity contribution in [2.75, 3.05) is 46.8 Å². The number of amides is 1. The molecule has 2 heterocycles. The number of piperidine rings is 1. The molecule has 2 aromatic carbocycles. The molecule has 1 saturated heterocycles. The summed E-state index contributed by atoms with van der Waals surface area (Å²) in [4.78, 5) is 34.8. The highest BCUT2D eigenvalue weighted by Gasteiger charge is 2.25. The van der Waals surface area contributed by atoms with E-state index in [0.717, 1.165) is 23.2 Å². The fourth-order valence-corrected chi connectivity index (χ4v) is 5.06. The van der Waals surface area contributed by atoms with E-state index in [2.05, 4.69) is 30.2 Å². The van der Waals surface area contributed by atoms with E-state index in [-0.39, 0.29) is 23.5 Å². The molecule has 10 nitrogen and oxygen atoms in total. The Morgan fingerprint density at radius 1 is 1.03 bits per heavy atom. The molecule has 0 unspecified atom stereocenters. The lowest BCUT2D eigenvalue weighted by Gasteiger charge is -2.33. The molecule has 39 heavy (non-hydrogen) atoms. The van der Waals surface area contributed by atoms with Crippen LogP contribution in [0, 0.1) is 5.92 Å². The van der Waals surface area contributed by atoms with Crippen LogP contribution in [0.3, 0.4) is 0 Å². The van der Waals surface area contributed by atoms with Gasteiger partial charge in [0, 0.05) is 47.8 Å². The number of hydrogen-bond donors (Lipinski definition) is 3. The standard InChI is InChI=1S/C26H29FN6O4S2/c1-39(36,37)32-21-4-2-18(3-5-21)23-10-13-28-26(31-23)30-20-6-8-22(9-7-20)33-14-11-19(12-15-33)25(35)29-16-24(34)38-17-27/h2-10,13,19,32H,11-12,14-17H2,1H3,(H,29,35)(H,28,30,31). The van der Waals surface area contributed by atoms with E-state index < -0.39 is 16.0 Å². The number of nitrogens with one attached hydrogen (secondary N) is 3. The van der Waals surface area contributed by atoms with Crippen molar-refractivity contribution in [3.05, 3.63) is 60.8 Å². The van der Waals surface area contributed by atoms with Gasteiger partial charge in [0.25, 0.3) is 0 Å². The molecule has 0 spiro atoms.